The van der Waals surface area contributed by atoms with Gasteiger partial charge in [0.15, 0.2) is 0 Å². The van der Waals surface area contributed by atoms with Gasteiger partial charge in [-0.3, -0.25) is 4.90 Å². The van der Waals surface area contributed by atoms with Gasteiger partial charge in [-0.1, -0.05) is 20.8 Å². The summed E-state index contributed by atoms with van der Waals surface area (Å²) in [5.74, 6) is 0. The number of hydrogen-bond acceptors (Lipinski definition) is 3. The van der Waals surface area contributed by atoms with Crippen LogP contribution in [0.4, 0.5) is 0 Å². The molecule has 3 heteroatoms. The molecule has 4 unspecified atom stereocenters. The molecule has 112 valence electrons. The van der Waals surface area contributed by atoms with Crippen molar-refractivity contribution in [3.63, 3.8) is 0 Å². The summed E-state index contributed by atoms with van der Waals surface area (Å²) in [5.41, 5.74) is 0.418. The van der Waals surface area contributed by atoms with E-state index in [9.17, 15) is 0 Å². The number of hydrogen-bond donors (Lipinski definition) is 1. The van der Waals surface area contributed by atoms with Crippen LogP contribution in [0.15, 0.2) is 0 Å². The van der Waals surface area contributed by atoms with Gasteiger partial charge in [0.25, 0.3) is 0 Å². The highest BCUT2D eigenvalue weighted by molar-refractivity contribution is 5.02. The Labute approximate surface area is 119 Å². The summed E-state index contributed by atoms with van der Waals surface area (Å²) in [4.78, 5) is 2.70. The molecule has 1 aliphatic carbocycles. The molecule has 2 fully saturated rings. The highest BCUT2D eigenvalue weighted by atomic mass is 16.5. The second kappa shape index (κ2) is 6.11. The fraction of sp³-hybridized carbons (Fsp3) is 1.00. The maximum Gasteiger partial charge on any atom is 0.0674 e. The maximum atomic E-state index is 5.79. The summed E-state index contributed by atoms with van der Waals surface area (Å²) in [6, 6.07) is 1.86. The quantitative estimate of drug-likeness (QED) is 0.848. The molecule has 4 atom stereocenters. The molecule has 0 radical (unpaired) electrons. The molecule has 1 saturated carbocycles. The van der Waals surface area contributed by atoms with E-state index in [-0.39, 0.29) is 0 Å². The Kier molecular flexibility index (Phi) is 4.91. The molecule has 0 aromatic rings. The Morgan fingerprint density at radius 3 is 2.74 bits per heavy atom. The summed E-state index contributed by atoms with van der Waals surface area (Å²) in [6.45, 7) is 14.7. The average molecular weight is 268 g/mol. The lowest BCUT2D eigenvalue weighted by Crippen LogP contribution is -2.58. The summed E-state index contributed by atoms with van der Waals surface area (Å²) in [7, 11) is 0. The Bertz CT molecular complexity index is 292. The molecule has 0 aromatic carbocycles. The van der Waals surface area contributed by atoms with Crippen molar-refractivity contribution in [3.05, 3.63) is 0 Å². The third kappa shape index (κ3) is 3.32. The molecular formula is C16H32N2O. The van der Waals surface area contributed by atoms with Gasteiger partial charge in [0.1, 0.15) is 0 Å². The fourth-order valence-corrected chi connectivity index (χ4v) is 3.82. The molecule has 2 rings (SSSR count). The van der Waals surface area contributed by atoms with Crippen molar-refractivity contribution in [2.45, 2.75) is 78.1 Å². The predicted octanol–water partition coefficient (Wildman–Crippen LogP) is 2.65. The summed E-state index contributed by atoms with van der Waals surface area (Å²) in [6.07, 6.45) is 4.25. The van der Waals surface area contributed by atoms with Gasteiger partial charge in [-0.25, -0.2) is 0 Å². The van der Waals surface area contributed by atoms with E-state index in [1.165, 1.54) is 19.3 Å². The van der Waals surface area contributed by atoms with Crippen LogP contribution in [0.5, 0.6) is 0 Å². The molecule has 19 heavy (non-hydrogen) atoms. The normalized spacial score (nSPS) is 39.6. The zero-order valence-electron chi connectivity index (χ0n) is 13.4. The highest BCUT2D eigenvalue weighted by Gasteiger charge is 2.45. The summed E-state index contributed by atoms with van der Waals surface area (Å²) >= 11 is 0. The smallest absolute Gasteiger partial charge is 0.0674 e. The van der Waals surface area contributed by atoms with E-state index in [1.54, 1.807) is 0 Å². The van der Waals surface area contributed by atoms with E-state index in [2.05, 4.69) is 44.8 Å². The maximum absolute atomic E-state index is 5.79. The first-order valence-corrected chi connectivity index (χ1v) is 8.06. The Morgan fingerprint density at radius 1 is 1.32 bits per heavy atom. The van der Waals surface area contributed by atoms with Crippen LogP contribution in [0.1, 0.15) is 53.9 Å². The van der Waals surface area contributed by atoms with Crippen LogP contribution in [-0.2, 0) is 4.74 Å². The molecule has 2 aliphatic rings. The van der Waals surface area contributed by atoms with Crippen molar-refractivity contribution in [3.8, 4) is 0 Å². The van der Waals surface area contributed by atoms with Crippen molar-refractivity contribution >= 4 is 0 Å². The molecule has 1 saturated heterocycles. The molecule has 0 aromatic heterocycles. The third-order valence-electron chi connectivity index (χ3n) is 5.01. The van der Waals surface area contributed by atoms with Gasteiger partial charge in [-0.15, -0.1) is 0 Å². The van der Waals surface area contributed by atoms with Gasteiger partial charge in [0.05, 0.1) is 12.7 Å². The minimum absolute atomic E-state index is 0.381. The van der Waals surface area contributed by atoms with Crippen LogP contribution in [0.2, 0.25) is 0 Å². The van der Waals surface area contributed by atoms with Crippen LogP contribution in [0.3, 0.4) is 0 Å². The second-order valence-corrected chi connectivity index (χ2v) is 7.22. The zero-order valence-corrected chi connectivity index (χ0v) is 13.4. The van der Waals surface area contributed by atoms with Crippen LogP contribution < -0.4 is 5.32 Å². The Hall–Kier alpha value is -0.120. The van der Waals surface area contributed by atoms with E-state index < -0.39 is 0 Å². The van der Waals surface area contributed by atoms with Crippen LogP contribution in [0, 0.1) is 5.41 Å². The van der Waals surface area contributed by atoms with E-state index in [4.69, 9.17) is 4.74 Å². The first-order chi connectivity index (χ1) is 8.95. The molecule has 3 nitrogen and oxygen atoms in total. The average Bonchev–Trinajstić information content (AvgIpc) is 2.65. The molecular weight excluding hydrogens is 236 g/mol. The highest BCUT2D eigenvalue weighted by Crippen LogP contribution is 2.41. The minimum Gasteiger partial charge on any atom is -0.376 e. The van der Waals surface area contributed by atoms with Crippen molar-refractivity contribution in [1.29, 1.82) is 0 Å². The van der Waals surface area contributed by atoms with Crippen LogP contribution in [0.25, 0.3) is 0 Å². The standard InChI is InChI=1S/C16H32N2O/c1-6-9-17-15-14(7-8-16(15,4)5)18-10-13(3)19-11-12(18)2/h12-15,17H,6-11H2,1-5H3. The number of rotatable bonds is 4. The largest absolute Gasteiger partial charge is 0.376 e. The van der Waals surface area contributed by atoms with E-state index in [0.29, 0.717) is 29.6 Å². The molecule has 1 aliphatic heterocycles. The molecule has 1 N–H and O–H groups in total. The number of ether oxygens (including phenoxy) is 1. The number of morpholine rings is 1. The van der Waals surface area contributed by atoms with Crippen molar-refractivity contribution in [2.75, 3.05) is 19.7 Å². The molecule has 0 amide bonds. The lowest BCUT2D eigenvalue weighted by molar-refractivity contribution is -0.0707. The predicted molar refractivity (Wildman–Crippen MR) is 80.5 cm³/mol. The van der Waals surface area contributed by atoms with Crippen molar-refractivity contribution in [1.82, 2.24) is 10.2 Å². The first kappa shape index (κ1) is 15.3. The third-order valence-corrected chi connectivity index (χ3v) is 5.01. The summed E-state index contributed by atoms with van der Waals surface area (Å²) < 4.78 is 5.79. The Balaban J connectivity index is 2.08. The topological polar surface area (TPSA) is 24.5 Å². The van der Waals surface area contributed by atoms with Crippen molar-refractivity contribution in [2.24, 2.45) is 5.41 Å². The van der Waals surface area contributed by atoms with E-state index in [1.807, 2.05) is 0 Å². The van der Waals surface area contributed by atoms with Gasteiger partial charge in [0.2, 0.25) is 0 Å². The monoisotopic (exact) mass is 268 g/mol. The van der Waals surface area contributed by atoms with Crippen LogP contribution in [-0.4, -0.2) is 48.8 Å². The number of nitrogens with zero attached hydrogens (tertiary/aromatic N) is 1. The Morgan fingerprint density at radius 2 is 2.05 bits per heavy atom. The van der Waals surface area contributed by atoms with Gasteiger partial charge in [0, 0.05) is 24.7 Å². The first-order valence-electron chi connectivity index (χ1n) is 8.06. The molecule has 1 heterocycles. The lowest BCUT2D eigenvalue weighted by atomic mass is 9.86. The number of nitrogens with one attached hydrogen (secondary N) is 1. The van der Waals surface area contributed by atoms with Gasteiger partial charge in [-0.2, -0.15) is 0 Å². The van der Waals surface area contributed by atoms with E-state index in [0.717, 1.165) is 19.7 Å². The lowest BCUT2D eigenvalue weighted by Gasteiger charge is -2.44. The van der Waals surface area contributed by atoms with Crippen molar-refractivity contribution < 1.29 is 4.74 Å². The molecule has 0 bridgehead atoms. The van der Waals surface area contributed by atoms with E-state index >= 15 is 0 Å². The van der Waals surface area contributed by atoms with Gasteiger partial charge in [-0.05, 0) is 45.1 Å². The van der Waals surface area contributed by atoms with Crippen LogP contribution >= 0.6 is 0 Å². The second-order valence-electron chi connectivity index (χ2n) is 7.22. The SMILES string of the molecule is CCCNC1C(N2CC(C)OCC2C)CCC1(C)C. The minimum atomic E-state index is 0.381. The van der Waals surface area contributed by atoms with Gasteiger partial charge >= 0.3 is 0 Å². The molecule has 0 spiro atoms. The summed E-state index contributed by atoms with van der Waals surface area (Å²) in [5, 5.41) is 3.82. The zero-order chi connectivity index (χ0) is 14.0. The van der Waals surface area contributed by atoms with Gasteiger partial charge < -0.3 is 10.1 Å². The fourth-order valence-electron chi connectivity index (χ4n) is 3.82.